The SMILES string of the molecule is CN1CC2N=C(C(=O)N[C@@H]3C[C@@H](C(=O)N(C)C)CC[C@@H]3NC(=O)C(=O)Nc3ccc(Cl)cc3)SC2C1. The number of amides is 4. The standard InChI is InChI=1S/C24H31ClN6O4S/c1-30(2)24(35)13-4-9-16(27-21(33)20(32)26-15-7-5-14(25)6-8-15)17(10-13)28-22(34)23-29-18-11-31(3)12-19(18)36-23/h5-8,13,16-19H,4,9-12H2,1-3H3,(H,26,32)(H,27,33)(H,28,34)/t13-,16-,17+,18?,19?/m0/s1. The zero-order valence-corrected chi connectivity index (χ0v) is 22.1. The summed E-state index contributed by atoms with van der Waals surface area (Å²) in [5.74, 6) is -2.24. The number of halogens is 1. The number of nitrogens with zero attached hydrogens (tertiary/aromatic N) is 3. The molecule has 0 spiro atoms. The highest BCUT2D eigenvalue weighted by atomic mass is 35.5. The topological polar surface area (TPSA) is 123 Å². The van der Waals surface area contributed by atoms with Crippen LogP contribution < -0.4 is 16.0 Å². The molecule has 1 aliphatic carbocycles. The van der Waals surface area contributed by atoms with E-state index < -0.39 is 23.9 Å². The number of likely N-dealkylation sites (tertiary alicyclic amines) is 1. The lowest BCUT2D eigenvalue weighted by Crippen LogP contribution is -2.57. The van der Waals surface area contributed by atoms with Crippen LogP contribution in [-0.4, -0.2) is 96.1 Å². The number of anilines is 1. The minimum absolute atomic E-state index is 0.0235. The second kappa shape index (κ2) is 11.2. The van der Waals surface area contributed by atoms with E-state index in [0.717, 1.165) is 13.1 Å². The van der Waals surface area contributed by atoms with Gasteiger partial charge in [-0.1, -0.05) is 23.4 Å². The highest BCUT2D eigenvalue weighted by Gasteiger charge is 2.41. The van der Waals surface area contributed by atoms with Crippen LogP contribution in [0.15, 0.2) is 29.3 Å². The van der Waals surface area contributed by atoms with Crippen molar-refractivity contribution in [2.75, 3.05) is 39.5 Å². The predicted molar refractivity (Wildman–Crippen MR) is 140 cm³/mol. The second-order valence-corrected chi connectivity index (χ2v) is 11.4. The number of aliphatic imine (C=N–C) groups is 1. The van der Waals surface area contributed by atoms with Crippen molar-refractivity contribution >= 4 is 57.7 Å². The number of benzene rings is 1. The Hall–Kier alpha value is -2.63. The van der Waals surface area contributed by atoms with Crippen molar-refractivity contribution in [2.45, 2.75) is 42.6 Å². The van der Waals surface area contributed by atoms with Crippen LogP contribution in [0.1, 0.15) is 19.3 Å². The Labute approximate surface area is 219 Å². The van der Waals surface area contributed by atoms with E-state index in [2.05, 4.69) is 25.8 Å². The Morgan fingerprint density at radius 1 is 1.03 bits per heavy atom. The molecule has 2 fully saturated rings. The van der Waals surface area contributed by atoms with E-state index >= 15 is 0 Å². The summed E-state index contributed by atoms with van der Waals surface area (Å²) in [6, 6.07) is 5.50. The average molecular weight is 535 g/mol. The lowest BCUT2D eigenvalue weighted by Gasteiger charge is -2.37. The second-order valence-electron chi connectivity index (χ2n) is 9.74. The molecule has 1 aromatic carbocycles. The molecule has 2 aliphatic heterocycles. The molecule has 10 nitrogen and oxygen atoms in total. The fourth-order valence-electron chi connectivity index (χ4n) is 4.89. The fraction of sp³-hybridized carbons (Fsp3) is 0.542. The molecule has 4 rings (SSSR count). The van der Waals surface area contributed by atoms with Gasteiger partial charge in [-0.25, -0.2) is 0 Å². The monoisotopic (exact) mass is 534 g/mol. The Morgan fingerprint density at radius 3 is 2.42 bits per heavy atom. The molecule has 1 saturated carbocycles. The quantitative estimate of drug-likeness (QED) is 0.484. The zero-order chi connectivity index (χ0) is 26.0. The molecule has 5 atom stereocenters. The van der Waals surface area contributed by atoms with E-state index in [9.17, 15) is 19.2 Å². The molecule has 2 unspecified atom stereocenters. The molecule has 0 bridgehead atoms. The molecule has 194 valence electrons. The van der Waals surface area contributed by atoms with Gasteiger partial charge >= 0.3 is 11.8 Å². The number of hydrogen-bond acceptors (Lipinski definition) is 7. The summed E-state index contributed by atoms with van der Waals surface area (Å²) in [5.41, 5.74) is 0.442. The Bertz CT molecular complexity index is 1070. The number of carbonyl (C=O) groups excluding carboxylic acids is 4. The number of fused-ring (bicyclic) bond motifs is 1. The molecule has 4 amide bonds. The summed E-state index contributed by atoms with van der Waals surface area (Å²) in [4.78, 5) is 59.2. The van der Waals surface area contributed by atoms with Crippen molar-refractivity contribution in [3.05, 3.63) is 29.3 Å². The van der Waals surface area contributed by atoms with E-state index in [1.54, 1.807) is 38.4 Å². The summed E-state index contributed by atoms with van der Waals surface area (Å²) < 4.78 is 0. The third-order valence-corrected chi connectivity index (χ3v) is 8.27. The number of thioether (sulfide) groups is 1. The first-order chi connectivity index (χ1) is 17.1. The maximum atomic E-state index is 13.1. The van der Waals surface area contributed by atoms with Gasteiger partial charge in [0.2, 0.25) is 5.91 Å². The van der Waals surface area contributed by atoms with Crippen LogP contribution in [0, 0.1) is 5.92 Å². The number of nitrogens with one attached hydrogen (secondary N) is 3. The highest BCUT2D eigenvalue weighted by molar-refractivity contribution is 8.16. The smallest absolute Gasteiger partial charge is 0.313 e. The molecule has 3 aliphatic rings. The first-order valence-corrected chi connectivity index (χ1v) is 13.2. The summed E-state index contributed by atoms with van der Waals surface area (Å²) >= 11 is 7.34. The van der Waals surface area contributed by atoms with E-state index in [4.69, 9.17) is 11.6 Å². The van der Waals surface area contributed by atoms with Crippen molar-refractivity contribution in [3.8, 4) is 0 Å². The molecule has 0 radical (unpaired) electrons. The summed E-state index contributed by atoms with van der Waals surface area (Å²) in [5, 5.41) is 9.51. The lowest BCUT2D eigenvalue weighted by molar-refractivity contribution is -0.138. The fourth-order valence-corrected chi connectivity index (χ4v) is 6.30. The zero-order valence-electron chi connectivity index (χ0n) is 20.5. The van der Waals surface area contributed by atoms with Crippen LogP contribution in [0.25, 0.3) is 0 Å². The van der Waals surface area contributed by atoms with Gasteiger partial charge < -0.3 is 25.8 Å². The number of carbonyl (C=O) groups is 4. The minimum Gasteiger partial charge on any atom is -0.349 e. The van der Waals surface area contributed by atoms with E-state index in [1.807, 2.05) is 7.05 Å². The van der Waals surface area contributed by atoms with Crippen molar-refractivity contribution in [1.29, 1.82) is 0 Å². The van der Waals surface area contributed by atoms with Crippen LogP contribution in [0.4, 0.5) is 5.69 Å². The Kier molecular flexibility index (Phi) is 8.21. The van der Waals surface area contributed by atoms with Crippen LogP contribution in [-0.2, 0) is 19.2 Å². The first-order valence-electron chi connectivity index (χ1n) is 11.9. The van der Waals surface area contributed by atoms with Gasteiger partial charge in [-0.05, 0) is 50.6 Å². The van der Waals surface area contributed by atoms with Crippen molar-refractivity contribution < 1.29 is 19.2 Å². The summed E-state index contributed by atoms with van der Waals surface area (Å²) in [6.07, 6.45) is 1.35. The number of hydrogen-bond donors (Lipinski definition) is 3. The lowest BCUT2D eigenvalue weighted by atomic mass is 9.81. The van der Waals surface area contributed by atoms with Gasteiger partial charge in [0.05, 0.1) is 12.1 Å². The number of likely N-dealkylation sites (N-methyl/N-ethyl adjacent to an activating group) is 1. The van der Waals surface area contributed by atoms with E-state index in [-0.39, 0.29) is 29.0 Å². The van der Waals surface area contributed by atoms with Crippen molar-refractivity contribution in [3.63, 3.8) is 0 Å². The molecule has 1 aromatic rings. The van der Waals surface area contributed by atoms with Gasteiger partial charge in [0.25, 0.3) is 5.91 Å². The van der Waals surface area contributed by atoms with Gasteiger partial charge in [-0.15, -0.1) is 0 Å². The highest BCUT2D eigenvalue weighted by Crippen LogP contribution is 2.33. The first kappa shape index (κ1) is 26.4. The maximum absolute atomic E-state index is 13.1. The van der Waals surface area contributed by atoms with E-state index in [0.29, 0.717) is 35.0 Å². The van der Waals surface area contributed by atoms with Gasteiger partial charge in [0, 0.05) is 55.1 Å². The Morgan fingerprint density at radius 2 is 1.75 bits per heavy atom. The Balaban J connectivity index is 1.42. The van der Waals surface area contributed by atoms with Crippen LogP contribution in [0.5, 0.6) is 0 Å². The minimum atomic E-state index is -0.818. The van der Waals surface area contributed by atoms with Crippen LogP contribution in [0.3, 0.4) is 0 Å². The molecule has 3 N–H and O–H groups in total. The van der Waals surface area contributed by atoms with Gasteiger partial charge in [0.1, 0.15) is 0 Å². The third-order valence-electron chi connectivity index (χ3n) is 6.74. The predicted octanol–water partition coefficient (Wildman–Crippen LogP) is 0.964. The summed E-state index contributed by atoms with van der Waals surface area (Å²) in [7, 11) is 5.43. The van der Waals surface area contributed by atoms with Gasteiger partial charge in [0.15, 0.2) is 5.04 Å². The molecular weight excluding hydrogens is 504 g/mol. The van der Waals surface area contributed by atoms with Crippen molar-refractivity contribution in [2.24, 2.45) is 10.9 Å². The molecule has 1 saturated heterocycles. The molecule has 0 aromatic heterocycles. The maximum Gasteiger partial charge on any atom is 0.313 e. The summed E-state index contributed by atoms with van der Waals surface area (Å²) in [6.45, 7) is 1.69. The molecule has 12 heteroatoms. The molecular formula is C24H31ClN6O4S. The molecule has 2 heterocycles. The number of rotatable bonds is 5. The normalized spacial score (nSPS) is 27.6. The van der Waals surface area contributed by atoms with Crippen LogP contribution in [0.2, 0.25) is 5.02 Å². The van der Waals surface area contributed by atoms with Gasteiger partial charge in [-0.3, -0.25) is 24.2 Å². The molecule has 36 heavy (non-hydrogen) atoms. The van der Waals surface area contributed by atoms with Crippen LogP contribution >= 0.6 is 23.4 Å². The van der Waals surface area contributed by atoms with E-state index in [1.165, 1.54) is 16.7 Å². The van der Waals surface area contributed by atoms with Crippen molar-refractivity contribution in [1.82, 2.24) is 20.4 Å². The third kappa shape index (κ3) is 6.19. The largest absolute Gasteiger partial charge is 0.349 e. The van der Waals surface area contributed by atoms with Gasteiger partial charge in [-0.2, -0.15) is 0 Å². The average Bonchev–Trinajstić information content (AvgIpc) is 3.38.